The number of benzene rings is 1. The molecule has 1 heterocycles. The third-order valence-electron chi connectivity index (χ3n) is 3.05. The third-order valence-corrected chi connectivity index (χ3v) is 4.60. The summed E-state index contributed by atoms with van der Waals surface area (Å²) in [6.07, 6.45) is 1.41. The Labute approximate surface area is 143 Å². The van der Waals surface area contributed by atoms with Crippen LogP contribution in [0.15, 0.2) is 53.6 Å². The number of aromatic nitrogens is 1. The topological polar surface area (TPSA) is 117 Å². The molecule has 8 nitrogen and oxygen atoms in total. The molecule has 2 amide bonds. The number of carbonyl (C=O) groups excluding carboxylic acids is 2. The zero-order valence-electron chi connectivity index (χ0n) is 13.1. The summed E-state index contributed by atoms with van der Waals surface area (Å²) in [5.74, 6) is -2.01. The van der Waals surface area contributed by atoms with Gasteiger partial charge in [0.15, 0.2) is 0 Å². The van der Waals surface area contributed by atoms with Crippen LogP contribution < -0.4 is 15.6 Å². The van der Waals surface area contributed by atoms with Crippen molar-refractivity contribution in [2.75, 3.05) is 0 Å². The fourth-order valence-corrected chi connectivity index (χ4v) is 2.96. The van der Waals surface area contributed by atoms with Crippen LogP contribution in [-0.2, 0) is 14.8 Å². The molecule has 10 heteroatoms. The number of hydrogen-bond acceptors (Lipinski definition) is 5. The van der Waals surface area contributed by atoms with Crippen molar-refractivity contribution in [1.29, 1.82) is 0 Å². The summed E-state index contributed by atoms with van der Waals surface area (Å²) in [4.78, 5) is 27.3. The van der Waals surface area contributed by atoms with Gasteiger partial charge in [0.1, 0.15) is 11.5 Å². The number of amides is 2. The summed E-state index contributed by atoms with van der Waals surface area (Å²) in [5, 5.41) is 0. The maximum atomic E-state index is 12.9. The Balaban J connectivity index is 1.93. The van der Waals surface area contributed by atoms with Crippen LogP contribution in [0.2, 0.25) is 0 Å². The molecule has 1 aromatic carbocycles. The number of carbonyl (C=O) groups is 2. The van der Waals surface area contributed by atoms with Crippen LogP contribution in [0.25, 0.3) is 0 Å². The van der Waals surface area contributed by atoms with Gasteiger partial charge in [-0.05, 0) is 43.3 Å². The van der Waals surface area contributed by atoms with E-state index in [0.29, 0.717) is 0 Å². The highest BCUT2D eigenvalue weighted by Gasteiger charge is 2.22. The number of nitrogens with zero attached hydrogens (tertiary/aromatic N) is 1. The van der Waals surface area contributed by atoms with Crippen LogP contribution in [0.3, 0.4) is 0 Å². The van der Waals surface area contributed by atoms with Gasteiger partial charge < -0.3 is 0 Å². The number of pyridine rings is 1. The lowest BCUT2D eigenvalue weighted by molar-refractivity contribution is -0.123. The highest BCUT2D eigenvalue weighted by atomic mass is 32.2. The predicted molar refractivity (Wildman–Crippen MR) is 86.0 cm³/mol. The molecule has 0 saturated carbocycles. The van der Waals surface area contributed by atoms with Crippen molar-refractivity contribution in [3.05, 3.63) is 60.2 Å². The van der Waals surface area contributed by atoms with Crippen molar-refractivity contribution in [3.8, 4) is 0 Å². The first-order valence-corrected chi connectivity index (χ1v) is 8.57. The Morgan fingerprint density at radius 1 is 1.08 bits per heavy atom. The fraction of sp³-hybridized carbons (Fsp3) is 0.133. The van der Waals surface area contributed by atoms with E-state index in [1.165, 1.54) is 19.2 Å². The zero-order valence-corrected chi connectivity index (χ0v) is 13.9. The summed E-state index contributed by atoms with van der Waals surface area (Å²) in [5.41, 5.74) is 4.31. The normalized spacial score (nSPS) is 12.2. The van der Waals surface area contributed by atoms with E-state index in [1.807, 2.05) is 0 Å². The number of sulfonamides is 1. The Hall–Kier alpha value is -2.85. The van der Waals surface area contributed by atoms with E-state index in [4.69, 9.17) is 0 Å². The average molecular weight is 366 g/mol. The van der Waals surface area contributed by atoms with Gasteiger partial charge in [-0.3, -0.25) is 25.4 Å². The van der Waals surface area contributed by atoms with Gasteiger partial charge in [0.05, 0.1) is 10.9 Å². The van der Waals surface area contributed by atoms with Crippen molar-refractivity contribution < 1.29 is 22.4 Å². The second-order valence-electron chi connectivity index (χ2n) is 4.96. The molecule has 0 unspecified atom stereocenters. The molecular weight excluding hydrogens is 351 g/mol. The smallest absolute Gasteiger partial charge is 0.271 e. The van der Waals surface area contributed by atoms with Gasteiger partial charge >= 0.3 is 0 Å². The lowest BCUT2D eigenvalue weighted by Crippen LogP contribution is -2.51. The molecule has 0 saturated heterocycles. The minimum atomic E-state index is -4.01. The van der Waals surface area contributed by atoms with Crippen LogP contribution in [-0.4, -0.2) is 31.3 Å². The first-order chi connectivity index (χ1) is 11.8. The number of rotatable bonds is 5. The zero-order chi connectivity index (χ0) is 18.4. The fourth-order valence-electron chi connectivity index (χ4n) is 1.76. The summed E-state index contributed by atoms with van der Waals surface area (Å²) in [6, 6.07) is 7.63. The molecule has 0 spiro atoms. The van der Waals surface area contributed by atoms with E-state index in [-0.39, 0.29) is 10.6 Å². The van der Waals surface area contributed by atoms with E-state index < -0.39 is 33.7 Å². The van der Waals surface area contributed by atoms with E-state index in [9.17, 15) is 22.4 Å². The van der Waals surface area contributed by atoms with Gasteiger partial charge in [-0.2, -0.15) is 4.72 Å². The molecule has 1 atom stereocenters. The molecule has 3 N–H and O–H groups in total. The maximum Gasteiger partial charge on any atom is 0.288 e. The van der Waals surface area contributed by atoms with Gasteiger partial charge in [-0.15, -0.1) is 0 Å². The molecule has 0 aliphatic heterocycles. The maximum absolute atomic E-state index is 12.9. The predicted octanol–water partition coefficient (Wildman–Crippen LogP) is 0.349. The second-order valence-corrected chi connectivity index (χ2v) is 6.67. The molecule has 0 aliphatic rings. The molecular formula is C15H15FN4O4S. The van der Waals surface area contributed by atoms with E-state index in [2.05, 4.69) is 20.6 Å². The third kappa shape index (κ3) is 5.06. The van der Waals surface area contributed by atoms with E-state index in [1.54, 1.807) is 12.1 Å². The molecule has 0 fully saturated rings. The van der Waals surface area contributed by atoms with Gasteiger partial charge in [-0.25, -0.2) is 12.8 Å². The Morgan fingerprint density at radius 2 is 1.76 bits per heavy atom. The minimum Gasteiger partial charge on any atom is -0.271 e. The van der Waals surface area contributed by atoms with Crippen LogP contribution in [0, 0.1) is 5.82 Å². The lowest BCUT2D eigenvalue weighted by Gasteiger charge is -2.14. The molecule has 2 rings (SSSR count). The molecule has 0 radical (unpaired) electrons. The van der Waals surface area contributed by atoms with Crippen LogP contribution in [0.5, 0.6) is 0 Å². The van der Waals surface area contributed by atoms with Gasteiger partial charge in [0, 0.05) is 6.20 Å². The largest absolute Gasteiger partial charge is 0.288 e. The van der Waals surface area contributed by atoms with Crippen molar-refractivity contribution in [3.63, 3.8) is 0 Å². The van der Waals surface area contributed by atoms with Crippen molar-refractivity contribution in [1.82, 2.24) is 20.6 Å². The summed E-state index contributed by atoms with van der Waals surface area (Å²) < 4.78 is 39.2. The van der Waals surface area contributed by atoms with Gasteiger partial charge in [0.2, 0.25) is 10.0 Å². The number of hydrazine groups is 1. The van der Waals surface area contributed by atoms with Crippen molar-refractivity contribution >= 4 is 21.8 Å². The molecule has 2 aromatic rings. The lowest BCUT2D eigenvalue weighted by atomic mass is 10.3. The Bertz CT molecular complexity index is 857. The highest BCUT2D eigenvalue weighted by molar-refractivity contribution is 7.89. The number of halogens is 1. The quantitative estimate of drug-likeness (QED) is 0.660. The first kappa shape index (κ1) is 18.5. The number of nitrogens with one attached hydrogen (secondary N) is 3. The van der Waals surface area contributed by atoms with Gasteiger partial charge in [-0.1, -0.05) is 6.07 Å². The van der Waals surface area contributed by atoms with Crippen LogP contribution >= 0.6 is 0 Å². The SMILES string of the molecule is C[C@H](NS(=O)(=O)c1ccc(F)cc1)C(=O)NNC(=O)c1ccccn1. The summed E-state index contributed by atoms with van der Waals surface area (Å²) >= 11 is 0. The van der Waals surface area contributed by atoms with Crippen LogP contribution in [0.1, 0.15) is 17.4 Å². The first-order valence-electron chi connectivity index (χ1n) is 7.09. The average Bonchev–Trinajstić information content (AvgIpc) is 2.60. The Morgan fingerprint density at radius 3 is 2.36 bits per heavy atom. The van der Waals surface area contributed by atoms with E-state index in [0.717, 1.165) is 24.3 Å². The Kier molecular flexibility index (Phi) is 5.78. The monoisotopic (exact) mass is 366 g/mol. The van der Waals surface area contributed by atoms with Crippen molar-refractivity contribution in [2.45, 2.75) is 17.9 Å². The van der Waals surface area contributed by atoms with Crippen LogP contribution in [0.4, 0.5) is 4.39 Å². The summed E-state index contributed by atoms with van der Waals surface area (Å²) in [6.45, 7) is 1.29. The minimum absolute atomic E-state index is 0.0855. The molecule has 132 valence electrons. The standard InChI is InChI=1S/C15H15FN4O4S/c1-10(20-25(23,24)12-7-5-11(16)6-8-12)14(21)18-19-15(22)13-4-2-3-9-17-13/h2-10,20H,1H3,(H,18,21)(H,19,22)/t10-/m0/s1. The molecule has 0 aliphatic carbocycles. The second kappa shape index (κ2) is 7.81. The van der Waals surface area contributed by atoms with Gasteiger partial charge in [0.25, 0.3) is 11.8 Å². The summed E-state index contributed by atoms with van der Waals surface area (Å²) in [7, 11) is -4.01. The number of hydrogen-bond donors (Lipinski definition) is 3. The molecule has 25 heavy (non-hydrogen) atoms. The molecule has 0 bridgehead atoms. The van der Waals surface area contributed by atoms with Crippen molar-refractivity contribution in [2.24, 2.45) is 0 Å². The molecule has 1 aromatic heterocycles. The van der Waals surface area contributed by atoms with E-state index >= 15 is 0 Å². The highest BCUT2D eigenvalue weighted by Crippen LogP contribution is 2.10.